The fourth-order valence-electron chi connectivity index (χ4n) is 3.76. The molecule has 1 aliphatic rings. The number of benzene rings is 1. The van der Waals surface area contributed by atoms with Crippen LogP contribution in [0.3, 0.4) is 0 Å². The molecule has 0 saturated carbocycles. The third-order valence-corrected chi connectivity index (χ3v) is 5.52. The Morgan fingerprint density at radius 2 is 1.91 bits per heavy atom. The lowest BCUT2D eigenvalue weighted by atomic mass is 10.1. The molecule has 0 aliphatic carbocycles. The Hall–Kier alpha value is -3.67. The Kier molecular flexibility index (Phi) is 6.05. The smallest absolute Gasteiger partial charge is 0.314 e. The van der Waals surface area contributed by atoms with Crippen LogP contribution in [-0.2, 0) is 13.1 Å². The van der Waals surface area contributed by atoms with E-state index in [1.807, 2.05) is 17.0 Å². The van der Waals surface area contributed by atoms with Gasteiger partial charge in [0, 0.05) is 42.5 Å². The summed E-state index contributed by atoms with van der Waals surface area (Å²) in [6, 6.07) is 7.88. The molecular weight excluding hydrogens is 454 g/mol. The Morgan fingerprint density at radius 1 is 1.06 bits per heavy atom. The molecule has 176 valence electrons. The maximum atomic E-state index is 14.6. The van der Waals surface area contributed by atoms with Crippen LogP contribution in [0.5, 0.6) is 0 Å². The molecule has 1 fully saturated rings. The molecule has 0 radical (unpaired) electrons. The van der Waals surface area contributed by atoms with Gasteiger partial charge in [0.25, 0.3) is 5.89 Å². The molecule has 0 spiro atoms. The first kappa shape index (κ1) is 22.1. The summed E-state index contributed by atoms with van der Waals surface area (Å²) in [5.74, 6) is -1.58. The molecule has 8 nitrogen and oxygen atoms in total. The van der Waals surface area contributed by atoms with Crippen LogP contribution in [-0.4, -0.2) is 54.3 Å². The first-order chi connectivity index (χ1) is 16.4. The number of halogens is 4. The summed E-state index contributed by atoms with van der Waals surface area (Å²) in [5.41, 5.74) is 2.68. The molecule has 1 unspecified atom stereocenters. The second-order valence-electron chi connectivity index (χ2n) is 8.01. The van der Waals surface area contributed by atoms with Gasteiger partial charge in [-0.1, -0.05) is 11.3 Å². The molecule has 1 aromatic carbocycles. The van der Waals surface area contributed by atoms with Crippen LogP contribution in [0.2, 0.25) is 0 Å². The fraction of sp³-hybridized carbons (Fsp3) is 0.318. The summed E-state index contributed by atoms with van der Waals surface area (Å²) in [7, 11) is 0. The van der Waals surface area contributed by atoms with E-state index < -0.39 is 24.3 Å². The normalized spacial score (nSPS) is 16.6. The van der Waals surface area contributed by atoms with Crippen molar-refractivity contribution in [1.29, 1.82) is 0 Å². The summed E-state index contributed by atoms with van der Waals surface area (Å²) >= 11 is 0. The minimum atomic E-state index is -2.90. The van der Waals surface area contributed by atoms with Gasteiger partial charge in [-0.2, -0.15) is 8.78 Å². The van der Waals surface area contributed by atoms with E-state index in [0.717, 1.165) is 23.9 Å². The van der Waals surface area contributed by atoms with Gasteiger partial charge >= 0.3 is 6.43 Å². The molecule has 0 amide bonds. The Labute approximate surface area is 191 Å². The molecule has 1 aliphatic heterocycles. The van der Waals surface area contributed by atoms with E-state index in [1.54, 1.807) is 12.4 Å². The van der Waals surface area contributed by atoms with Crippen LogP contribution < -0.4 is 0 Å². The Balaban J connectivity index is 1.25. The van der Waals surface area contributed by atoms with Crippen LogP contribution in [0.15, 0.2) is 47.1 Å². The molecule has 1 atom stereocenters. The van der Waals surface area contributed by atoms with Crippen molar-refractivity contribution in [3.05, 3.63) is 65.7 Å². The van der Waals surface area contributed by atoms with E-state index in [4.69, 9.17) is 4.42 Å². The summed E-state index contributed by atoms with van der Waals surface area (Å²) < 4.78 is 59.5. The number of hydrogen-bond donors (Lipinski definition) is 0. The lowest BCUT2D eigenvalue weighted by Gasteiger charge is -2.13. The van der Waals surface area contributed by atoms with E-state index in [1.165, 1.54) is 16.8 Å². The number of nitrogens with zero attached hydrogens (tertiary/aromatic N) is 7. The predicted octanol–water partition coefficient (Wildman–Crippen LogP) is 4.06. The number of likely N-dealkylation sites (tertiary alicyclic amines) is 1. The maximum Gasteiger partial charge on any atom is 0.314 e. The van der Waals surface area contributed by atoms with Gasteiger partial charge in [-0.05, 0) is 30.7 Å². The van der Waals surface area contributed by atoms with Gasteiger partial charge < -0.3 is 4.42 Å². The number of aromatic nitrogens is 6. The lowest BCUT2D eigenvalue weighted by molar-refractivity contribution is 0.116. The molecule has 34 heavy (non-hydrogen) atoms. The van der Waals surface area contributed by atoms with Crippen LogP contribution in [0, 0.1) is 5.82 Å². The second kappa shape index (κ2) is 9.29. The average Bonchev–Trinajstić information content (AvgIpc) is 3.57. The molecule has 3 aromatic heterocycles. The minimum absolute atomic E-state index is 0.107. The highest BCUT2D eigenvalue weighted by Gasteiger charge is 2.22. The van der Waals surface area contributed by atoms with Gasteiger partial charge in [0.2, 0.25) is 5.89 Å². The van der Waals surface area contributed by atoms with E-state index in [-0.39, 0.29) is 18.0 Å². The number of pyridine rings is 1. The largest absolute Gasteiger partial charge is 0.415 e. The SMILES string of the molecule is Fc1cc(-c2nnc(C(F)F)o2)ccc1Cn1cc(-c2ccc(CN3CCC(F)C3)nc2)nn1. The zero-order valence-corrected chi connectivity index (χ0v) is 17.8. The van der Waals surface area contributed by atoms with Crippen LogP contribution in [0.25, 0.3) is 22.7 Å². The van der Waals surface area contributed by atoms with E-state index >= 15 is 0 Å². The van der Waals surface area contributed by atoms with Gasteiger partial charge in [-0.3, -0.25) is 9.88 Å². The highest BCUT2D eigenvalue weighted by Crippen LogP contribution is 2.25. The molecule has 0 N–H and O–H groups in total. The molecule has 0 bridgehead atoms. The third kappa shape index (κ3) is 4.81. The van der Waals surface area contributed by atoms with Gasteiger partial charge in [-0.15, -0.1) is 15.3 Å². The molecule has 4 heterocycles. The van der Waals surface area contributed by atoms with Crippen molar-refractivity contribution in [2.24, 2.45) is 0 Å². The molecule has 12 heteroatoms. The minimum Gasteiger partial charge on any atom is -0.415 e. The summed E-state index contributed by atoms with van der Waals surface area (Å²) in [6.07, 6.45) is 0.242. The third-order valence-electron chi connectivity index (χ3n) is 5.52. The first-order valence-corrected chi connectivity index (χ1v) is 10.6. The van der Waals surface area contributed by atoms with Crippen LogP contribution >= 0.6 is 0 Å². The van der Waals surface area contributed by atoms with Gasteiger partial charge in [-0.25, -0.2) is 13.5 Å². The Bertz CT molecular complexity index is 1270. The summed E-state index contributed by atoms with van der Waals surface area (Å²) in [5, 5.41) is 14.9. The van der Waals surface area contributed by atoms with Crippen molar-refractivity contribution in [3.63, 3.8) is 0 Å². The van der Waals surface area contributed by atoms with E-state index in [0.29, 0.717) is 30.8 Å². The van der Waals surface area contributed by atoms with Crippen molar-refractivity contribution >= 4 is 0 Å². The van der Waals surface area contributed by atoms with Crippen molar-refractivity contribution < 1.29 is 22.0 Å². The molecular formula is C22H19F4N7O. The number of rotatable bonds is 7. The quantitative estimate of drug-likeness (QED) is 0.374. The Morgan fingerprint density at radius 3 is 2.59 bits per heavy atom. The van der Waals surface area contributed by atoms with Crippen LogP contribution in [0.1, 0.15) is 30.0 Å². The summed E-state index contributed by atoms with van der Waals surface area (Å²) in [4.78, 5) is 6.46. The summed E-state index contributed by atoms with van der Waals surface area (Å²) in [6.45, 7) is 1.86. The first-order valence-electron chi connectivity index (χ1n) is 10.6. The zero-order valence-electron chi connectivity index (χ0n) is 17.8. The standard InChI is InChI=1S/C22H19F4N7O/c23-16-5-6-32(10-16)11-17-4-3-14(8-27-17)19-12-33(31-28-19)9-15-2-1-13(7-18(15)24)21-29-30-22(34-21)20(25)26/h1-4,7-8,12,16,20H,5-6,9-11H2. The van der Waals surface area contributed by atoms with Crippen molar-refractivity contribution in [2.75, 3.05) is 13.1 Å². The van der Waals surface area contributed by atoms with E-state index in [2.05, 4.69) is 25.5 Å². The van der Waals surface area contributed by atoms with Crippen molar-refractivity contribution in [1.82, 2.24) is 35.1 Å². The van der Waals surface area contributed by atoms with Crippen molar-refractivity contribution in [3.8, 4) is 22.7 Å². The number of alkyl halides is 3. The molecule has 5 rings (SSSR count). The highest BCUT2D eigenvalue weighted by molar-refractivity contribution is 5.56. The predicted molar refractivity (Wildman–Crippen MR) is 112 cm³/mol. The zero-order chi connectivity index (χ0) is 23.7. The van der Waals surface area contributed by atoms with Gasteiger partial charge in [0.05, 0.1) is 18.4 Å². The average molecular weight is 473 g/mol. The van der Waals surface area contributed by atoms with E-state index in [9.17, 15) is 17.6 Å². The topological polar surface area (TPSA) is 85.8 Å². The fourth-order valence-corrected chi connectivity index (χ4v) is 3.76. The molecule has 1 saturated heterocycles. The van der Waals surface area contributed by atoms with Crippen molar-refractivity contribution in [2.45, 2.75) is 32.1 Å². The monoisotopic (exact) mass is 473 g/mol. The number of hydrogen-bond acceptors (Lipinski definition) is 7. The van der Waals surface area contributed by atoms with Crippen LogP contribution in [0.4, 0.5) is 17.6 Å². The highest BCUT2D eigenvalue weighted by atomic mass is 19.3. The maximum absolute atomic E-state index is 14.6. The lowest BCUT2D eigenvalue weighted by Crippen LogP contribution is -2.20. The van der Waals surface area contributed by atoms with Gasteiger partial charge in [0.15, 0.2) is 0 Å². The second-order valence-corrected chi connectivity index (χ2v) is 8.01. The van der Waals surface area contributed by atoms with Gasteiger partial charge in [0.1, 0.15) is 17.7 Å². The molecule has 4 aromatic rings.